The molecule has 2 atom stereocenters. The van der Waals surface area contributed by atoms with Crippen LogP contribution in [0.5, 0.6) is 0 Å². The van der Waals surface area contributed by atoms with Gasteiger partial charge in [0.1, 0.15) is 24.7 Å². The first kappa shape index (κ1) is 21.7. The number of hydrogen-bond acceptors (Lipinski definition) is 7. The van der Waals surface area contributed by atoms with Gasteiger partial charge in [0.25, 0.3) is 0 Å². The van der Waals surface area contributed by atoms with E-state index < -0.39 is 21.9 Å². The van der Waals surface area contributed by atoms with E-state index in [1.165, 1.54) is 29.4 Å². The van der Waals surface area contributed by atoms with E-state index in [9.17, 15) is 9.32 Å². The number of nitrogens with two attached hydrogens (primary N) is 1. The molecule has 0 radical (unpaired) electrons. The quantitative estimate of drug-likeness (QED) is 0.584. The van der Waals surface area contributed by atoms with E-state index in [2.05, 4.69) is 20.7 Å². The molecule has 7 nitrogen and oxygen atoms in total. The Hall–Kier alpha value is -1.52. The molecule has 0 aliphatic heterocycles. The Morgan fingerprint density at radius 1 is 1.27 bits per heavy atom. The Morgan fingerprint density at radius 2 is 1.87 bits per heavy atom. The first-order valence-corrected chi connectivity index (χ1v) is 12.7. The average molecular weight is 451 g/mol. The van der Waals surface area contributed by atoms with Crippen LogP contribution in [0.3, 0.4) is 0 Å². The lowest BCUT2D eigenvalue weighted by Crippen LogP contribution is -2.25. The molecule has 2 aromatic rings. The fourth-order valence-corrected chi connectivity index (χ4v) is 6.98. The fourth-order valence-electron chi connectivity index (χ4n) is 4.35. The number of rotatable bonds is 6. The van der Waals surface area contributed by atoms with Gasteiger partial charge in [-0.2, -0.15) is 4.36 Å². The molecule has 4 N–H and O–H groups in total. The van der Waals surface area contributed by atoms with Crippen LogP contribution in [0.2, 0.25) is 0 Å². The zero-order valence-corrected chi connectivity index (χ0v) is 19.6. The monoisotopic (exact) mass is 450 g/mol. The van der Waals surface area contributed by atoms with Gasteiger partial charge in [0.15, 0.2) is 0 Å². The number of aryl methyl sites for hydroxylation is 3. The molecule has 1 aromatic heterocycles. The number of anilines is 1. The number of ether oxygens (including phenoxy) is 1. The van der Waals surface area contributed by atoms with Gasteiger partial charge in [-0.15, -0.1) is 11.3 Å². The number of hydrogen-bond donors (Lipinski definition) is 3. The number of benzene rings is 1. The van der Waals surface area contributed by atoms with Gasteiger partial charge in [-0.1, -0.05) is 6.07 Å². The molecule has 4 rings (SSSR count). The van der Waals surface area contributed by atoms with Crippen LogP contribution in [0.15, 0.2) is 14.6 Å². The van der Waals surface area contributed by atoms with E-state index in [-0.39, 0.29) is 0 Å². The Bertz CT molecular complexity index is 1060. The maximum atomic E-state index is 13.4. The van der Waals surface area contributed by atoms with Crippen molar-refractivity contribution in [2.45, 2.75) is 75.5 Å². The standard InChI is InChI=1S/C21H30N4O3S2/c1-12-18(29-19(23-12)21(2,3)26)30(22,27)25-20(28-4)24-17-15-9-5-7-13(15)11-14-8-6-10-16(14)17/h11,20,24,26H,5-10H2,1-4H3,(H2,22,25,27). The number of methoxy groups -OCH3 is 1. The largest absolute Gasteiger partial charge is 0.383 e. The van der Waals surface area contributed by atoms with Crippen molar-refractivity contribution in [3.8, 4) is 0 Å². The lowest BCUT2D eigenvalue weighted by atomic mass is 9.99. The summed E-state index contributed by atoms with van der Waals surface area (Å²) in [5.74, 6) is 0. The molecular weight excluding hydrogens is 420 g/mol. The molecule has 0 saturated heterocycles. The topological polar surface area (TPSA) is 110 Å². The Balaban J connectivity index is 1.70. The minimum absolute atomic E-state index is 0.368. The molecule has 0 bridgehead atoms. The number of thiazole rings is 1. The van der Waals surface area contributed by atoms with E-state index >= 15 is 0 Å². The van der Waals surface area contributed by atoms with Crippen molar-refractivity contribution in [3.63, 3.8) is 0 Å². The molecule has 1 heterocycles. The van der Waals surface area contributed by atoms with Gasteiger partial charge in [0, 0.05) is 12.8 Å². The van der Waals surface area contributed by atoms with Gasteiger partial charge < -0.3 is 15.2 Å². The van der Waals surface area contributed by atoms with Crippen molar-refractivity contribution in [2.24, 2.45) is 9.50 Å². The van der Waals surface area contributed by atoms with Crippen LogP contribution in [0.1, 0.15) is 59.6 Å². The number of fused-ring (bicyclic) bond motifs is 2. The van der Waals surface area contributed by atoms with Crippen molar-refractivity contribution >= 4 is 26.9 Å². The molecular formula is C21H30N4O3S2. The summed E-state index contributed by atoms with van der Waals surface area (Å²) in [6.45, 7) is 5.01. The Morgan fingerprint density at radius 3 is 2.37 bits per heavy atom. The zero-order chi connectivity index (χ0) is 21.7. The Kier molecular flexibility index (Phi) is 5.69. The molecule has 30 heavy (non-hydrogen) atoms. The normalized spacial score (nSPS) is 18.6. The lowest BCUT2D eigenvalue weighted by Gasteiger charge is -2.21. The molecule has 2 aliphatic carbocycles. The molecule has 1 aromatic carbocycles. The van der Waals surface area contributed by atoms with Gasteiger partial charge >= 0.3 is 0 Å². The van der Waals surface area contributed by atoms with Crippen molar-refractivity contribution in [1.82, 2.24) is 4.98 Å². The summed E-state index contributed by atoms with van der Waals surface area (Å²) in [7, 11) is -1.73. The highest BCUT2D eigenvalue weighted by molar-refractivity contribution is 7.93. The third-order valence-corrected chi connectivity index (χ3v) is 9.32. The number of aliphatic hydroxyl groups is 1. The first-order valence-electron chi connectivity index (χ1n) is 10.3. The Labute approximate surface area is 182 Å². The predicted molar refractivity (Wildman–Crippen MR) is 120 cm³/mol. The molecule has 0 fully saturated rings. The van der Waals surface area contributed by atoms with E-state index in [4.69, 9.17) is 9.88 Å². The number of nitrogens with one attached hydrogen (secondary N) is 1. The molecule has 0 saturated carbocycles. The summed E-state index contributed by atoms with van der Waals surface area (Å²) in [6.07, 6.45) is 5.71. The summed E-state index contributed by atoms with van der Waals surface area (Å²) < 4.78 is 23.6. The SMILES string of the molecule is COC(N=S(N)(=O)c1sc(C(C)(C)O)nc1C)Nc1c2c(cc3c1CCC3)CCC2. The minimum Gasteiger partial charge on any atom is -0.383 e. The zero-order valence-electron chi connectivity index (χ0n) is 17.9. The van der Waals surface area contributed by atoms with Crippen molar-refractivity contribution in [3.05, 3.63) is 39.0 Å². The van der Waals surface area contributed by atoms with Crippen LogP contribution in [0.25, 0.3) is 0 Å². The second kappa shape index (κ2) is 7.87. The summed E-state index contributed by atoms with van der Waals surface area (Å²) in [4.78, 5) is 4.35. The van der Waals surface area contributed by atoms with Crippen LogP contribution < -0.4 is 10.5 Å². The van der Waals surface area contributed by atoms with Crippen LogP contribution >= 0.6 is 11.3 Å². The minimum atomic E-state index is -3.26. The lowest BCUT2D eigenvalue weighted by molar-refractivity contribution is 0.0781. The highest BCUT2D eigenvalue weighted by Gasteiger charge is 2.28. The van der Waals surface area contributed by atoms with Crippen molar-refractivity contribution in [1.29, 1.82) is 0 Å². The highest BCUT2D eigenvalue weighted by atomic mass is 32.2. The van der Waals surface area contributed by atoms with Gasteiger partial charge in [0.2, 0.25) is 6.35 Å². The summed E-state index contributed by atoms with van der Waals surface area (Å²) >= 11 is 1.13. The predicted octanol–water partition coefficient (Wildman–Crippen LogP) is 3.40. The van der Waals surface area contributed by atoms with Gasteiger partial charge in [-0.25, -0.2) is 14.3 Å². The molecule has 2 aliphatic rings. The van der Waals surface area contributed by atoms with Crippen LogP contribution in [0, 0.1) is 6.92 Å². The van der Waals surface area contributed by atoms with E-state index in [1.54, 1.807) is 20.8 Å². The molecule has 0 spiro atoms. The summed E-state index contributed by atoms with van der Waals surface area (Å²) in [6, 6.07) is 2.36. The third kappa shape index (κ3) is 4.01. The summed E-state index contributed by atoms with van der Waals surface area (Å²) in [5.41, 5.74) is 5.92. The van der Waals surface area contributed by atoms with Crippen molar-refractivity contribution in [2.75, 3.05) is 12.4 Å². The first-order chi connectivity index (χ1) is 14.1. The third-order valence-electron chi connectivity index (χ3n) is 5.76. The van der Waals surface area contributed by atoms with E-state index in [1.807, 2.05) is 0 Å². The molecule has 2 unspecified atom stereocenters. The van der Waals surface area contributed by atoms with Crippen LogP contribution in [0.4, 0.5) is 5.69 Å². The fraction of sp³-hybridized carbons (Fsp3) is 0.571. The highest BCUT2D eigenvalue weighted by Crippen LogP contribution is 2.39. The number of nitrogens with zero attached hydrogens (tertiary/aromatic N) is 2. The summed E-state index contributed by atoms with van der Waals surface area (Å²) in [5, 5.41) is 20.3. The van der Waals surface area contributed by atoms with Crippen LogP contribution in [-0.4, -0.2) is 27.8 Å². The second-order valence-corrected chi connectivity index (χ2v) is 11.6. The van der Waals surface area contributed by atoms with E-state index in [0.29, 0.717) is 14.9 Å². The average Bonchev–Trinajstić information content (AvgIpc) is 3.38. The molecule has 0 amide bonds. The van der Waals surface area contributed by atoms with Gasteiger partial charge in [-0.05, 0) is 81.5 Å². The maximum absolute atomic E-state index is 13.4. The second-order valence-electron chi connectivity index (χ2n) is 8.59. The van der Waals surface area contributed by atoms with Gasteiger partial charge in [-0.3, -0.25) is 0 Å². The van der Waals surface area contributed by atoms with Crippen molar-refractivity contribution < 1.29 is 14.1 Å². The smallest absolute Gasteiger partial charge is 0.235 e. The number of aromatic nitrogens is 1. The maximum Gasteiger partial charge on any atom is 0.235 e. The van der Waals surface area contributed by atoms with Crippen LogP contribution in [-0.2, 0) is 45.9 Å². The van der Waals surface area contributed by atoms with E-state index in [0.717, 1.165) is 55.5 Å². The van der Waals surface area contributed by atoms with Gasteiger partial charge in [0.05, 0.1) is 5.69 Å². The molecule has 9 heteroatoms. The molecule has 164 valence electrons.